The number of nitrogens with zero attached hydrogens (tertiary/aromatic N) is 5. The molecule has 0 aromatic carbocycles. The topological polar surface area (TPSA) is 55.5 Å². The highest BCUT2D eigenvalue weighted by Crippen LogP contribution is 2.31. The zero-order valence-electron chi connectivity index (χ0n) is 14.1. The molecule has 1 fully saturated rings. The average molecular weight is 396 g/mol. The van der Waals surface area contributed by atoms with Crippen molar-refractivity contribution in [2.24, 2.45) is 4.99 Å². The van der Waals surface area contributed by atoms with Crippen LogP contribution in [0.2, 0.25) is 0 Å². The predicted octanol–water partition coefficient (Wildman–Crippen LogP) is 2.92. The highest BCUT2D eigenvalue weighted by atomic mass is 32.2. The van der Waals surface area contributed by atoms with Crippen LogP contribution in [0.5, 0.6) is 0 Å². The molecule has 6 nitrogen and oxygen atoms in total. The van der Waals surface area contributed by atoms with Gasteiger partial charge in [0, 0.05) is 30.6 Å². The molecule has 4 rings (SSSR count). The van der Waals surface area contributed by atoms with Crippen molar-refractivity contribution in [2.45, 2.75) is 23.9 Å². The molecule has 0 radical (unpaired) electrons. The van der Waals surface area contributed by atoms with Crippen molar-refractivity contribution in [3.8, 4) is 10.7 Å². The van der Waals surface area contributed by atoms with Crippen LogP contribution in [0, 0.1) is 0 Å². The minimum atomic E-state index is 0.509. The Morgan fingerprint density at radius 2 is 2.20 bits per heavy atom. The molecule has 4 heterocycles. The first-order valence-corrected chi connectivity index (χ1v) is 11.2. The Balaban J connectivity index is 1.35. The summed E-state index contributed by atoms with van der Waals surface area (Å²) < 4.78 is 7.63. The lowest BCUT2D eigenvalue weighted by molar-refractivity contribution is 0.0693. The molecule has 2 aliphatic heterocycles. The maximum atomic E-state index is 5.42. The Morgan fingerprint density at radius 1 is 1.32 bits per heavy atom. The van der Waals surface area contributed by atoms with E-state index in [1.54, 1.807) is 23.1 Å². The van der Waals surface area contributed by atoms with Crippen molar-refractivity contribution in [1.29, 1.82) is 0 Å². The van der Waals surface area contributed by atoms with Gasteiger partial charge in [0.2, 0.25) is 0 Å². The number of hydrogen-bond acceptors (Lipinski definition) is 8. The van der Waals surface area contributed by atoms with Crippen molar-refractivity contribution in [1.82, 2.24) is 19.7 Å². The van der Waals surface area contributed by atoms with Gasteiger partial charge >= 0.3 is 0 Å². The number of hydrogen-bond donors (Lipinski definition) is 0. The smallest absolute Gasteiger partial charge is 0.191 e. The first kappa shape index (κ1) is 17.4. The summed E-state index contributed by atoms with van der Waals surface area (Å²) in [5.41, 5.74) is 0. The van der Waals surface area contributed by atoms with E-state index in [2.05, 4.69) is 44.1 Å². The van der Waals surface area contributed by atoms with Gasteiger partial charge in [-0.25, -0.2) is 0 Å². The Bertz CT molecular complexity index is 724. The standard InChI is InChI=1S/C16H21N5OS3/c1-2-21-14(13-4-3-9-23-13)18-19-16(21)24-11-12-10-17-15(25-12)20-5-7-22-8-6-20/h3-4,9,12H,2,5-8,10-11H2,1H3/t12-/m1/s1. The predicted molar refractivity (Wildman–Crippen MR) is 106 cm³/mol. The largest absolute Gasteiger partial charge is 0.378 e. The molecule has 0 amide bonds. The monoisotopic (exact) mass is 395 g/mol. The molecule has 2 aromatic rings. The number of aliphatic imine (C=N–C) groups is 1. The van der Waals surface area contributed by atoms with E-state index in [9.17, 15) is 0 Å². The number of amidine groups is 1. The highest BCUT2D eigenvalue weighted by molar-refractivity contribution is 8.15. The normalized spacial score (nSPS) is 20.9. The van der Waals surface area contributed by atoms with Crippen LogP contribution in [-0.2, 0) is 11.3 Å². The van der Waals surface area contributed by atoms with Crippen molar-refractivity contribution in [3.63, 3.8) is 0 Å². The molecule has 0 spiro atoms. The Morgan fingerprint density at radius 3 is 2.96 bits per heavy atom. The number of aromatic nitrogens is 3. The summed E-state index contributed by atoms with van der Waals surface area (Å²) in [7, 11) is 0. The maximum Gasteiger partial charge on any atom is 0.191 e. The molecule has 0 unspecified atom stereocenters. The molecule has 1 saturated heterocycles. The third-order valence-electron chi connectivity index (χ3n) is 4.16. The number of ether oxygens (including phenoxy) is 1. The number of rotatable bonds is 5. The number of morpholine rings is 1. The van der Waals surface area contributed by atoms with E-state index in [0.717, 1.165) is 56.1 Å². The fourth-order valence-corrected chi connectivity index (χ4v) is 5.89. The molecule has 9 heteroatoms. The van der Waals surface area contributed by atoms with Gasteiger partial charge in [0.1, 0.15) is 0 Å². The maximum absolute atomic E-state index is 5.42. The lowest BCUT2D eigenvalue weighted by Gasteiger charge is -2.28. The lowest BCUT2D eigenvalue weighted by Crippen LogP contribution is -2.39. The van der Waals surface area contributed by atoms with Crippen molar-refractivity contribution >= 4 is 40.0 Å². The summed E-state index contributed by atoms with van der Waals surface area (Å²) >= 11 is 5.40. The molecule has 0 bridgehead atoms. The van der Waals surface area contributed by atoms with E-state index < -0.39 is 0 Å². The van der Waals surface area contributed by atoms with E-state index in [1.807, 2.05) is 11.8 Å². The third kappa shape index (κ3) is 3.89. The molecule has 2 aliphatic rings. The molecule has 2 aromatic heterocycles. The van der Waals surface area contributed by atoms with Crippen LogP contribution in [0.3, 0.4) is 0 Å². The number of thiophene rings is 1. The minimum absolute atomic E-state index is 0.509. The van der Waals surface area contributed by atoms with Gasteiger partial charge in [-0.3, -0.25) is 4.99 Å². The lowest BCUT2D eigenvalue weighted by atomic mass is 10.4. The first-order valence-electron chi connectivity index (χ1n) is 8.49. The fraction of sp³-hybridized carbons (Fsp3) is 0.562. The van der Waals surface area contributed by atoms with Gasteiger partial charge in [-0.2, -0.15) is 0 Å². The quantitative estimate of drug-likeness (QED) is 0.726. The van der Waals surface area contributed by atoms with Crippen molar-refractivity contribution in [2.75, 3.05) is 38.6 Å². The minimum Gasteiger partial charge on any atom is -0.378 e. The second-order valence-electron chi connectivity index (χ2n) is 5.80. The summed E-state index contributed by atoms with van der Waals surface area (Å²) in [6.07, 6.45) is 0. The van der Waals surface area contributed by atoms with Crippen molar-refractivity contribution in [3.05, 3.63) is 17.5 Å². The SMILES string of the molecule is CCn1c(SC[C@H]2CN=C(N3CCOCC3)S2)nnc1-c1cccs1. The molecule has 1 atom stereocenters. The van der Waals surface area contributed by atoms with Gasteiger partial charge < -0.3 is 14.2 Å². The van der Waals surface area contributed by atoms with Gasteiger partial charge in [0.05, 0.1) is 24.6 Å². The molecule has 0 aliphatic carbocycles. The summed E-state index contributed by atoms with van der Waals surface area (Å²) in [4.78, 5) is 8.26. The Hall–Kier alpha value is -1.03. The van der Waals surface area contributed by atoms with Crippen LogP contribution >= 0.6 is 34.9 Å². The summed E-state index contributed by atoms with van der Waals surface area (Å²) in [5, 5.41) is 13.6. The average Bonchev–Trinajstić information content (AvgIpc) is 3.39. The molecule has 0 N–H and O–H groups in total. The first-order chi connectivity index (χ1) is 12.3. The molecule has 25 heavy (non-hydrogen) atoms. The van der Waals surface area contributed by atoms with Gasteiger partial charge in [-0.05, 0) is 18.4 Å². The molecule has 134 valence electrons. The molecule has 0 saturated carbocycles. The van der Waals surface area contributed by atoms with Crippen LogP contribution in [0.25, 0.3) is 10.7 Å². The molecular formula is C16H21N5OS3. The molecular weight excluding hydrogens is 374 g/mol. The van der Waals surface area contributed by atoms with E-state index in [-0.39, 0.29) is 0 Å². The van der Waals surface area contributed by atoms with Gasteiger partial charge in [0.25, 0.3) is 0 Å². The van der Waals surface area contributed by atoms with Crippen LogP contribution in [0.4, 0.5) is 0 Å². The van der Waals surface area contributed by atoms with E-state index in [0.29, 0.717) is 5.25 Å². The van der Waals surface area contributed by atoms with Crippen LogP contribution in [0.15, 0.2) is 27.7 Å². The Labute approximate surface area is 160 Å². The van der Waals surface area contributed by atoms with E-state index in [4.69, 9.17) is 9.73 Å². The van der Waals surface area contributed by atoms with E-state index in [1.165, 1.54) is 10.0 Å². The van der Waals surface area contributed by atoms with Gasteiger partial charge in [-0.15, -0.1) is 21.5 Å². The summed E-state index contributed by atoms with van der Waals surface area (Å²) in [5.74, 6) is 1.98. The Kier molecular flexibility index (Phi) is 5.64. The summed E-state index contributed by atoms with van der Waals surface area (Å²) in [6, 6.07) is 4.16. The second kappa shape index (κ2) is 8.11. The fourth-order valence-electron chi connectivity index (χ4n) is 2.86. The van der Waals surface area contributed by atoms with Crippen LogP contribution in [0.1, 0.15) is 6.92 Å². The van der Waals surface area contributed by atoms with Crippen LogP contribution < -0.4 is 0 Å². The van der Waals surface area contributed by atoms with Gasteiger partial charge in [0.15, 0.2) is 16.1 Å². The summed E-state index contributed by atoms with van der Waals surface area (Å²) in [6.45, 7) is 7.46. The highest BCUT2D eigenvalue weighted by Gasteiger charge is 2.26. The third-order valence-corrected chi connectivity index (χ3v) is 7.61. The second-order valence-corrected chi connectivity index (χ2v) is 9.00. The van der Waals surface area contributed by atoms with Gasteiger partial charge in [-0.1, -0.05) is 29.6 Å². The number of thioether (sulfide) groups is 2. The van der Waals surface area contributed by atoms with Crippen molar-refractivity contribution < 1.29 is 4.74 Å². The van der Waals surface area contributed by atoms with E-state index >= 15 is 0 Å². The zero-order valence-corrected chi connectivity index (χ0v) is 16.6. The zero-order chi connectivity index (χ0) is 17.1. The van der Waals surface area contributed by atoms with Crippen LogP contribution in [-0.4, -0.2) is 68.7 Å².